The summed E-state index contributed by atoms with van der Waals surface area (Å²) in [5.41, 5.74) is 5.98. The molecule has 1 aliphatic rings. The molecule has 16 heavy (non-hydrogen) atoms. The molecule has 1 saturated heterocycles. The van der Waals surface area contributed by atoms with E-state index in [1.54, 1.807) is 17.2 Å². The van der Waals surface area contributed by atoms with Gasteiger partial charge in [-0.25, -0.2) is 4.39 Å². The van der Waals surface area contributed by atoms with Gasteiger partial charge in [0.15, 0.2) is 0 Å². The minimum Gasteiger partial charge on any atom is -0.368 e. The molecule has 1 aliphatic heterocycles. The summed E-state index contributed by atoms with van der Waals surface area (Å²) in [5.74, 6) is -0.831. The Morgan fingerprint density at radius 2 is 2.12 bits per heavy atom. The van der Waals surface area contributed by atoms with E-state index in [4.69, 9.17) is 10.6 Å². The number of rotatable bonds is 3. The van der Waals surface area contributed by atoms with E-state index in [0.29, 0.717) is 18.7 Å². The van der Waals surface area contributed by atoms with Gasteiger partial charge in [-0.1, -0.05) is 12.1 Å². The SMILES string of the molecule is NC(=O)[C@H](c1ccc(F)cc1)N1CCCO1. The van der Waals surface area contributed by atoms with Crippen molar-refractivity contribution in [3.63, 3.8) is 0 Å². The van der Waals surface area contributed by atoms with Crippen LogP contribution in [-0.4, -0.2) is 24.1 Å². The van der Waals surface area contributed by atoms with E-state index < -0.39 is 11.9 Å². The Morgan fingerprint density at radius 1 is 1.44 bits per heavy atom. The van der Waals surface area contributed by atoms with Crippen LogP contribution in [0.25, 0.3) is 0 Å². The molecule has 0 spiro atoms. The van der Waals surface area contributed by atoms with Crippen molar-refractivity contribution in [3.8, 4) is 0 Å². The summed E-state index contributed by atoms with van der Waals surface area (Å²) < 4.78 is 12.8. The maximum absolute atomic E-state index is 12.8. The summed E-state index contributed by atoms with van der Waals surface area (Å²) in [7, 11) is 0. The monoisotopic (exact) mass is 224 g/mol. The Balaban J connectivity index is 2.24. The first-order chi connectivity index (χ1) is 7.68. The van der Waals surface area contributed by atoms with Gasteiger partial charge in [0.05, 0.1) is 6.61 Å². The number of primary amides is 1. The van der Waals surface area contributed by atoms with Crippen LogP contribution >= 0.6 is 0 Å². The first-order valence-electron chi connectivity index (χ1n) is 5.13. The third-order valence-corrected chi connectivity index (χ3v) is 2.52. The molecule has 0 bridgehead atoms. The van der Waals surface area contributed by atoms with E-state index in [0.717, 1.165) is 6.42 Å². The molecular formula is C11H13FN2O2. The highest BCUT2D eigenvalue weighted by Gasteiger charge is 2.29. The number of hydrogen-bond acceptors (Lipinski definition) is 3. The number of amides is 1. The molecule has 4 nitrogen and oxygen atoms in total. The summed E-state index contributed by atoms with van der Waals surface area (Å²) >= 11 is 0. The zero-order valence-electron chi connectivity index (χ0n) is 8.73. The smallest absolute Gasteiger partial charge is 0.241 e. The van der Waals surface area contributed by atoms with Crippen LogP contribution in [0.4, 0.5) is 4.39 Å². The highest BCUT2D eigenvalue weighted by molar-refractivity contribution is 5.81. The van der Waals surface area contributed by atoms with E-state index >= 15 is 0 Å². The van der Waals surface area contributed by atoms with Crippen LogP contribution in [0.2, 0.25) is 0 Å². The van der Waals surface area contributed by atoms with Gasteiger partial charge < -0.3 is 5.73 Å². The zero-order valence-corrected chi connectivity index (χ0v) is 8.73. The molecule has 0 saturated carbocycles. The molecule has 0 radical (unpaired) electrons. The van der Waals surface area contributed by atoms with Crippen molar-refractivity contribution in [2.24, 2.45) is 5.73 Å². The summed E-state index contributed by atoms with van der Waals surface area (Å²) in [6, 6.07) is 5.07. The van der Waals surface area contributed by atoms with Crippen LogP contribution in [-0.2, 0) is 9.63 Å². The topological polar surface area (TPSA) is 55.6 Å². The molecule has 1 atom stereocenters. The number of halogens is 1. The molecule has 1 aromatic rings. The van der Waals surface area contributed by atoms with Gasteiger partial charge >= 0.3 is 0 Å². The maximum Gasteiger partial charge on any atom is 0.241 e. The molecular weight excluding hydrogens is 211 g/mol. The van der Waals surface area contributed by atoms with E-state index in [1.807, 2.05) is 0 Å². The second kappa shape index (κ2) is 4.59. The van der Waals surface area contributed by atoms with Crippen molar-refractivity contribution >= 4 is 5.91 Å². The van der Waals surface area contributed by atoms with Gasteiger partial charge in [-0.3, -0.25) is 9.63 Å². The van der Waals surface area contributed by atoms with Crippen LogP contribution in [0, 0.1) is 5.82 Å². The van der Waals surface area contributed by atoms with Crippen molar-refractivity contribution in [1.82, 2.24) is 5.06 Å². The largest absolute Gasteiger partial charge is 0.368 e. The highest BCUT2D eigenvalue weighted by Crippen LogP contribution is 2.24. The number of benzene rings is 1. The summed E-state index contributed by atoms with van der Waals surface area (Å²) in [6.07, 6.45) is 0.866. The highest BCUT2D eigenvalue weighted by atomic mass is 19.1. The van der Waals surface area contributed by atoms with Crippen LogP contribution in [0.3, 0.4) is 0 Å². The van der Waals surface area contributed by atoms with Gasteiger partial charge in [0.1, 0.15) is 11.9 Å². The molecule has 0 unspecified atom stereocenters. The first-order valence-corrected chi connectivity index (χ1v) is 5.13. The van der Waals surface area contributed by atoms with Crippen LogP contribution < -0.4 is 5.73 Å². The normalized spacial score (nSPS) is 18.6. The van der Waals surface area contributed by atoms with Crippen molar-refractivity contribution < 1.29 is 14.0 Å². The minimum absolute atomic E-state index is 0.339. The van der Waals surface area contributed by atoms with Crippen LogP contribution in [0.5, 0.6) is 0 Å². The molecule has 5 heteroatoms. The number of hydrogen-bond donors (Lipinski definition) is 1. The van der Waals surface area contributed by atoms with Crippen LogP contribution in [0.1, 0.15) is 18.0 Å². The van der Waals surface area contributed by atoms with Gasteiger partial charge in [0.25, 0.3) is 0 Å². The Morgan fingerprint density at radius 3 is 2.62 bits per heavy atom. The fraction of sp³-hybridized carbons (Fsp3) is 0.364. The zero-order chi connectivity index (χ0) is 11.5. The number of nitrogens with two attached hydrogens (primary N) is 1. The van der Waals surface area contributed by atoms with Crippen LogP contribution in [0.15, 0.2) is 24.3 Å². The predicted molar refractivity (Wildman–Crippen MR) is 55.6 cm³/mol. The second-order valence-corrected chi connectivity index (χ2v) is 3.68. The Hall–Kier alpha value is -1.46. The third-order valence-electron chi connectivity index (χ3n) is 2.52. The molecule has 1 aromatic carbocycles. The Bertz CT molecular complexity index is 374. The van der Waals surface area contributed by atoms with Gasteiger partial charge in [-0.15, -0.1) is 0 Å². The molecule has 2 N–H and O–H groups in total. The molecule has 2 rings (SSSR count). The number of hydroxylamine groups is 2. The lowest BCUT2D eigenvalue weighted by Gasteiger charge is -2.23. The Labute approximate surface area is 92.7 Å². The van der Waals surface area contributed by atoms with Crippen molar-refractivity contribution in [1.29, 1.82) is 0 Å². The molecule has 1 heterocycles. The lowest BCUT2D eigenvalue weighted by atomic mass is 10.1. The standard InChI is InChI=1S/C11H13FN2O2/c12-9-4-2-8(3-5-9)10(11(13)15)14-6-1-7-16-14/h2-5,10H,1,6-7H2,(H2,13,15)/t10-/m0/s1. The van der Waals surface area contributed by atoms with Gasteiger partial charge in [-0.2, -0.15) is 5.06 Å². The number of carbonyl (C=O) groups is 1. The average Bonchev–Trinajstić information content (AvgIpc) is 2.74. The average molecular weight is 224 g/mol. The summed E-state index contributed by atoms with van der Waals surface area (Å²) in [5, 5.41) is 1.55. The van der Waals surface area contributed by atoms with Gasteiger partial charge in [0, 0.05) is 6.54 Å². The van der Waals surface area contributed by atoms with E-state index in [2.05, 4.69) is 0 Å². The molecule has 0 aliphatic carbocycles. The van der Waals surface area contributed by atoms with E-state index in [1.165, 1.54) is 12.1 Å². The fourth-order valence-electron chi connectivity index (χ4n) is 1.79. The van der Waals surface area contributed by atoms with Gasteiger partial charge in [0.2, 0.25) is 5.91 Å². The number of nitrogens with zero attached hydrogens (tertiary/aromatic N) is 1. The molecule has 1 fully saturated rings. The van der Waals surface area contributed by atoms with Crippen molar-refractivity contribution in [2.75, 3.05) is 13.2 Å². The molecule has 1 amide bonds. The molecule has 86 valence electrons. The lowest BCUT2D eigenvalue weighted by molar-refractivity contribution is -0.160. The number of carbonyl (C=O) groups excluding carboxylic acids is 1. The van der Waals surface area contributed by atoms with Crippen molar-refractivity contribution in [3.05, 3.63) is 35.6 Å². The summed E-state index contributed by atoms with van der Waals surface area (Å²) in [6.45, 7) is 1.25. The second-order valence-electron chi connectivity index (χ2n) is 3.68. The predicted octanol–water partition coefficient (Wildman–Crippen LogP) is 0.989. The minimum atomic E-state index is -0.636. The Kier molecular flexibility index (Phi) is 3.17. The summed E-state index contributed by atoms with van der Waals surface area (Å²) in [4.78, 5) is 16.7. The molecule has 0 aromatic heterocycles. The third kappa shape index (κ3) is 2.20. The van der Waals surface area contributed by atoms with Crippen molar-refractivity contribution in [2.45, 2.75) is 12.5 Å². The first kappa shape index (κ1) is 11.0. The quantitative estimate of drug-likeness (QED) is 0.833. The lowest BCUT2D eigenvalue weighted by Crippen LogP contribution is -2.35. The maximum atomic E-state index is 12.8. The van der Waals surface area contributed by atoms with Gasteiger partial charge in [-0.05, 0) is 24.1 Å². The van der Waals surface area contributed by atoms with E-state index in [-0.39, 0.29) is 5.82 Å². The fourth-order valence-corrected chi connectivity index (χ4v) is 1.79. The van der Waals surface area contributed by atoms with E-state index in [9.17, 15) is 9.18 Å².